The molecule has 2 N–H and O–H groups in total. The van der Waals surface area contributed by atoms with Gasteiger partial charge in [0, 0.05) is 18.7 Å². The molecule has 5 nitrogen and oxygen atoms in total. The molecule has 4 rings (SSSR count). The number of alkyl halides is 3. The Balaban J connectivity index is 1.57. The van der Waals surface area contributed by atoms with Crippen LogP contribution in [-0.2, 0) is 30.4 Å². The molecule has 0 unspecified atom stereocenters. The van der Waals surface area contributed by atoms with E-state index in [4.69, 9.17) is 5.21 Å². The van der Waals surface area contributed by atoms with Gasteiger partial charge in [0.25, 0.3) is 5.91 Å². The molecule has 1 atom stereocenters. The lowest BCUT2D eigenvalue weighted by atomic mass is 9.70. The summed E-state index contributed by atoms with van der Waals surface area (Å²) in [5.41, 5.74) is 2.54. The van der Waals surface area contributed by atoms with E-state index in [1.54, 1.807) is 23.7 Å². The molecule has 2 amide bonds. The van der Waals surface area contributed by atoms with Crippen LogP contribution in [0, 0.1) is 5.41 Å². The minimum Gasteiger partial charge on any atom is -0.338 e. The van der Waals surface area contributed by atoms with Crippen molar-refractivity contribution in [1.82, 2.24) is 10.4 Å². The van der Waals surface area contributed by atoms with Crippen molar-refractivity contribution in [3.8, 4) is 0 Å². The van der Waals surface area contributed by atoms with Crippen LogP contribution in [0.5, 0.6) is 0 Å². The molecule has 2 aromatic rings. The molecule has 2 aromatic carbocycles. The standard InChI is InChI=1S/C22H21F3N2O3/c23-22(24,25)18-4-2-1-3-16(18)13-27-10-9-21(20(27)29)8-7-14-5-6-15(19(28)26-30)11-17(14)12-21/h1-6,11,30H,7-10,12-13H2,(H,26,28)/t21-/m1/s1. The van der Waals surface area contributed by atoms with Crippen molar-refractivity contribution < 1.29 is 28.0 Å². The third-order valence-corrected chi connectivity index (χ3v) is 6.26. The number of hydrogen-bond donors (Lipinski definition) is 2. The molecule has 2 aliphatic rings. The second-order valence-electron chi connectivity index (χ2n) is 8.01. The first kappa shape index (κ1) is 20.4. The molecule has 0 radical (unpaired) electrons. The average molecular weight is 418 g/mol. The number of nitrogens with zero attached hydrogens (tertiary/aromatic N) is 1. The lowest BCUT2D eigenvalue weighted by Gasteiger charge is -2.33. The molecule has 8 heteroatoms. The summed E-state index contributed by atoms with van der Waals surface area (Å²) in [4.78, 5) is 26.5. The molecule has 30 heavy (non-hydrogen) atoms. The summed E-state index contributed by atoms with van der Waals surface area (Å²) in [6, 6.07) is 10.5. The van der Waals surface area contributed by atoms with E-state index in [9.17, 15) is 22.8 Å². The number of likely N-dealkylation sites (tertiary alicyclic amines) is 1. The van der Waals surface area contributed by atoms with Crippen molar-refractivity contribution in [2.45, 2.75) is 38.4 Å². The lowest BCUT2D eigenvalue weighted by molar-refractivity contribution is -0.141. The van der Waals surface area contributed by atoms with E-state index in [0.717, 1.165) is 17.2 Å². The van der Waals surface area contributed by atoms with Crippen LogP contribution in [-0.4, -0.2) is 28.5 Å². The van der Waals surface area contributed by atoms with Gasteiger partial charge in [-0.3, -0.25) is 14.8 Å². The summed E-state index contributed by atoms with van der Waals surface area (Å²) < 4.78 is 39.9. The number of amides is 2. The Kier molecular flexibility index (Phi) is 5.05. The summed E-state index contributed by atoms with van der Waals surface area (Å²) >= 11 is 0. The third-order valence-electron chi connectivity index (χ3n) is 6.26. The summed E-state index contributed by atoms with van der Waals surface area (Å²) in [5, 5.41) is 8.85. The maximum atomic E-state index is 13.3. The van der Waals surface area contributed by atoms with Gasteiger partial charge in [-0.15, -0.1) is 0 Å². The molecule has 158 valence electrons. The highest BCUT2D eigenvalue weighted by atomic mass is 19.4. The monoisotopic (exact) mass is 418 g/mol. The van der Waals surface area contributed by atoms with Gasteiger partial charge in [-0.05, 0) is 60.6 Å². The molecular formula is C22H21F3N2O3. The predicted octanol–water partition coefficient (Wildman–Crippen LogP) is 3.73. The van der Waals surface area contributed by atoms with E-state index < -0.39 is 23.1 Å². The molecule has 1 spiro atoms. The molecule has 0 aromatic heterocycles. The highest BCUT2D eigenvalue weighted by molar-refractivity contribution is 5.93. The number of fused-ring (bicyclic) bond motifs is 1. The van der Waals surface area contributed by atoms with Crippen LogP contribution in [0.1, 0.15) is 45.5 Å². The Bertz CT molecular complexity index is 1010. The number of carbonyl (C=O) groups excluding carboxylic acids is 2. The maximum absolute atomic E-state index is 13.3. The molecule has 1 aliphatic carbocycles. The highest BCUT2D eigenvalue weighted by Crippen LogP contribution is 2.44. The number of benzene rings is 2. The van der Waals surface area contributed by atoms with E-state index in [1.165, 1.54) is 17.0 Å². The minimum absolute atomic E-state index is 0.0733. The van der Waals surface area contributed by atoms with Crippen LogP contribution in [0.3, 0.4) is 0 Å². The van der Waals surface area contributed by atoms with E-state index in [-0.39, 0.29) is 18.0 Å². The average Bonchev–Trinajstić information content (AvgIpc) is 3.01. The molecule has 1 aliphatic heterocycles. The summed E-state index contributed by atoms with van der Waals surface area (Å²) in [5.74, 6) is -0.761. The fourth-order valence-electron chi connectivity index (χ4n) is 4.65. The van der Waals surface area contributed by atoms with Gasteiger partial charge in [0.2, 0.25) is 5.91 Å². The summed E-state index contributed by atoms with van der Waals surface area (Å²) in [7, 11) is 0. The quantitative estimate of drug-likeness (QED) is 0.590. The number of halogens is 3. The highest BCUT2D eigenvalue weighted by Gasteiger charge is 2.48. The van der Waals surface area contributed by atoms with Crippen molar-refractivity contribution in [3.05, 3.63) is 70.3 Å². The van der Waals surface area contributed by atoms with Gasteiger partial charge in [0.05, 0.1) is 11.0 Å². The fourth-order valence-corrected chi connectivity index (χ4v) is 4.65. The van der Waals surface area contributed by atoms with Gasteiger partial charge in [-0.25, -0.2) is 5.48 Å². The Hall–Kier alpha value is -2.87. The molecule has 0 bridgehead atoms. The molecule has 1 heterocycles. The largest absolute Gasteiger partial charge is 0.416 e. The molecule has 0 saturated carbocycles. The number of hydrogen-bond acceptors (Lipinski definition) is 3. The van der Waals surface area contributed by atoms with Gasteiger partial charge < -0.3 is 4.90 Å². The molecule has 1 saturated heterocycles. The fraction of sp³-hybridized carbons (Fsp3) is 0.364. The van der Waals surface area contributed by atoms with Crippen molar-refractivity contribution in [1.29, 1.82) is 0 Å². The van der Waals surface area contributed by atoms with Crippen molar-refractivity contribution in [2.24, 2.45) is 5.41 Å². The summed E-state index contributed by atoms with van der Waals surface area (Å²) in [6.07, 6.45) is -2.18. The van der Waals surface area contributed by atoms with Crippen LogP contribution in [0.15, 0.2) is 42.5 Å². The Labute approximate surface area is 171 Å². The van der Waals surface area contributed by atoms with Gasteiger partial charge in [-0.2, -0.15) is 13.2 Å². The maximum Gasteiger partial charge on any atom is 0.416 e. The Morgan fingerprint density at radius 3 is 2.63 bits per heavy atom. The number of nitrogens with one attached hydrogen (secondary N) is 1. The van der Waals surface area contributed by atoms with Gasteiger partial charge >= 0.3 is 6.18 Å². The van der Waals surface area contributed by atoms with E-state index in [0.29, 0.717) is 37.8 Å². The first-order valence-electron chi connectivity index (χ1n) is 9.74. The van der Waals surface area contributed by atoms with Crippen molar-refractivity contribution in [3.63, 3.8) is 0 Å². The first-order chi connectivity index (χ1) is 14.2. The molecular weight excluding hydrogens is 397 g/mol. The second kappa shape index (κ2) is 7.43. The number of rotatable bonds is 3. The Morgan fingerprint density at radius 1 is 1.13 bits per heavy atom. The SMILES string of the molecule is O=C(NO)c1ccc2c(c1)C[C@@]1(CC2)CCN(Cc2ccccc2C(F)(F)F)C1=O. The van der Waals surface area contributed by atoms with Crippen LogP contribution in [0.2, 0.25) is 0 Å². The minimum atomic E-state index is -4.47. The normalized spacial score (nSPS) is 21.1. The zero-order chi connectivity index (χ0) is 21.5. The van der Waals surface area contributed by atoms with Gasteiger partial charge in [0.15, 0.2) is 0 Å². The van der Waals surface area contributed by atoms with Crippen LogP contribution >= 0.6 is 0 Å². The number of aryl methyl sites for hydroxylation is 1. The van der Waals surface area contributed by atoms with Crippen LogP contribution in [0.25, 0.3) is 0 Å². The first-order valence-corrected chi connectivity index (χ1v) is 9.74. The van der Waals surface area contributed by atoms with E-state index in [2.05, 4.69) is 0 Å². The van der Waals surface area contributed by atoms with Gasteiger partial charge in [-0.1, -0.05) is 24.3 Å². The predicted molar refractivity (Wildman–Crippen MR) is 102 cm³/mol. The zero-order valence-corrected chi connectivity index (χ0v) is 16.1. The van der Waals surface area contributed by atoms with Gasteiger partial charge in [0.1, 0.15) is 0 Å². The van der Waals surface area contributed by atoms with E-state index >= 15 is 0 Å². The smallest absolute Gasteiger partial charge is 0.338 e. The Morgan fingerprint density at radius 2 is 1.90 bits per heavy atom. The van der Waals surface area contributed by atoms with Crippen molar-refractivity contribution >= 4 is 11.8 Å². The van der Waals surface area contributed by atoms with Crippen LogP contribution in [0.4, 0.5) is 13.2 Å². The van der Waals surface area contributed by atoms with Crippen LogP contribution < -0.4 is 5.48 Å². The van der Waals surface area contributed by atoms with E-state index in [1.807, 2.05) is 6.07 Å². The van der Waals surface area contributed by atoms with Crippen molar-refractivity contribution in [2.75, 3.05) is 6.54 Å². The number of hydroxylamine groups is 1. The summed E-state index contributed by atoms with van der Waals surface area (Å²) in [6.45, 7) is 0.327. The topological polar surface area (TPSA) is 69.6 Å². The third kappa shape index (κ3) is 3.56. The lowest BCUT2D eigenvalue weighted by Crippen LogP contribution is -2.38. The molecule has 1 fully saturated rings. The zero-order valence-electron chi connectivity index (χ0n) is 16.1. The number of carbonyl (C=O) groups is 2. The second-order valence-corrected chi connectivity index (χ2v) is 8.01.